The third kappa shape index (κ3) is 4.26. The van der Waals surface area contributed by atoms with Crippen molar-refractivity contribution in [2.45, 2.75) is 18.9 Å². The molecular formula is C22H19FN3O2S. The number of benzene rings is 2. The van der Waals surface area contributed by atoms with Gasteiger partial charge in [0.2, 0.25) is 5.91 Å². The number of nitrogens with one attached hydrogen (secondary N) is 1. The fraction of sp³-hybridized carbons (Fsp3) is 0.182. The lowest BCUT2D eigenvalue weighted by Crippen LogP contribution is -2.25. The first-order chi connectivity index (χ1) is 14.0. The summed E-state index contributed by atoms with van der Waals surface area (Å²) in [5, 5.41) is 3.93. The van der Waals surface area contributed by atoms with Gasteiger partial charge >= 0.3 is 0 Å². The molecule has 0 saturated carbocycles. The molecule has 2 aromatic carbocycles. The average Bonchev–Trinajstić information content (AvgIpc) is 3.38. The van der Waals surface area contributed by atoms with Crippen molar-refractivity contribution >= 4 is 23.0 Å². The van der Waals surface area contributed by atoms with Crippen LogP contribution < -0.4 is 11.1 Å². The Balaban J connectivity index is 1.72. The van der Waals surface area contributed by atoms with E-state index in [1.54, 1.807) is 42.8 Å². The Morgan fingerprint density at radius 1 is 1.10 bits per heavy atom. The summed E-state index contributed by atoms with van der Waals surface area (Å²) in [5.41, 5.74) is 7.57. The number of amides is 1. The van der Waals surface area contributed by atoms with Crippen LogP contribution in [0.5, 0.6) is 0 Å². The first kappa shape index (κ1) is 19.4. The number of carbonyl (C=O) groups is 2. The van der Waals surface area contributed by atoms with E-state index in [2.05, 4.69) is 10.3 Å². The van der Waals surface area contributed by atoms with Crippen molar-refractivity contribution in [3.63, 3.8) is 0 Å². The van der Waals surface area contributed by atoms with Crippen LogP contribution in [0.25, 0.3) is 21.0 Å². The molecule has 1 fully saturated rings. The molecule has 1 atom stereocenters. The number of rotatable bonds is 6. The van der Waals surface area contributed by atoms with Gasteiger partial charge in [0.05, 0.1) is 11.3 Å². The van der Waals surface area contributed by atoms with Gasteiger partial charge in [0.1, 0.15) is 16.5 Å². The topological polar surface area (TPSA) is 85.1 Å². The summed E-state index contributed by atoms with van der Waals surface area (Å²) < 4.78 is 13.4. The van der Waals surface area contributed by atoms with Gasteiger partial charge < -0.3 is 11.1 Å². The van der Waals surface area contributed by atoms with E-state index in [0.717, 1.165) is 30.5 Å². The zero-order chi connectivity index (χ0) is 20.4. The van der Waals surface area contributed by atoms with Gasteiger partial charge in [-0.25, -0.2) is 9.37 Å². The number of halogens is 1. The predicted molar refractivity (Wildman–Crippen MR) is 111 cm³/mol. The zero-order valence-electron chi connectivity index (χ0n) is 15.5. The van der Waals surface area contributed by atoms with E-state index < -0.39 is 5.91 Å². The van der Waals surface area contributed by atoms with Gasteiger partial charge in [-0.05, 0) is 49.2 Å². The van der Waals surface area contributed by atoms with Crippen LogP contribution in [-0.4, -0.2) is 29.3 Å². The molecule has 1 radical (unpaired) electrons. The second kappa shape index (κ2) is 8.23. The number of nitrogens with zero attached hydrogens (tertiary/aromatic N) is 1. The van der Waals surface area contributed by atoms with Crippen molar-refractivity contribution in [2.75, 3.05) is 6.54 Å². The number of nitrogens with two attached hydrogens (primary N) is 1. The van der Waals surface area contributed by atoms with Gasteiger partial charge in [0, 0.05) is 17.2 Å². The van der Waals surface area contributed by atoms with E-state index in [-0.39, 0.29) is 17.6 Å². The minimum absolute atomic E-state index is 0.0450. The van der Waals surface area contributed by atoms with Gasteiger partial charge in [0.25, 0.3) is 0 Å². The minimum Gasteiger partial charge on any atom is -0.366 e. The quantitative estimate of drug-likeness (QED) is 0.607. The molecule has 4 rings (SSSR count). The van der Waals surface area contributed by atoms with Crippen LogP contribution in [0.15, 0.2) is 48.5 Å². The molecule has 5 nitrogen and oxygen atoms in total. The Labute approximate surface area is 171 Å². The van der Waals surface area contributed by atoms with Crippen LogP contribution >= 0.6 is 11.3 Å². The number of primary amides is 1. The Kier molecular flexibility index (Phi) is 5.51. The van der Waals surface area contributed by atoms with Crippen molar-refractivity contribution in [1.29, 1.82) is 0 Å². The Morgan fingerprint density at radius 3 is 2.41 bits per heavy atom. The maximum absolute atomic E-state index is 13.4. The van der Waals surface area contributed by atoms with Crippen LogP contribution in [0.2, 0.25) is 0 Å². The molecule has 0 bridgehead atoms. The highest BCUT2D eigenvalue weighted by Gasteiger charge is 2.25. The number of carbonyl (C=O) groups excluding carboxylic acids is 2. The van der Waals surface area contributed by atoms with E-state index in [0.29, 0.717) is 21.1 Å². The van der Waals surface area contributed by atoms with Crippen molar-refractivity contribution in [3.8, 4) is 21.0 Å². The van der Waals surface area contributed by atoms with Gasteiger partial charge in [-0.2, -0.15) is 0 Å². The summed E-state index contributed by atoms with van der Waals surface area (Å²) in [5.74, 6) is -0.993. The highest BCUT2D eigenvalue weighted by molar-refractivity contribution is 7.18. The van der Waals surface area contributed by atoms with E-state index in [1.807, 2.05) is 0 Å². The smallest absolute Gasteiger partial charge is 0.248 e. The van der Waals surface area contributed by atoms with Gasteiger partial charge in [-0.15, -0.1) is 11.3 Å². The second-order valence-corrected chi connectivity index (χ2v) is 7.88. The lowest BCUT2D eigenvalue weighted by Gasteiger charge is -2.08. The molecule has 1 amide bonds. The molecule has 1 aromatic heterocycles. The minimum atomic E-state index is -0.503. The molecule has 1 aliphatic heterocycles. The standard InChI is InChI=1S/C22H19FN3O2S/c23-16-9-7-13(8-10-16)20-19(18(27)12-17-2-1-11-25-17)26-22(29-20)15-5-3-14(4-6-15)21(24)28/h3-10,12,17,25H,1-2,11H2,(H2,24,28). The molecule has 1 unspecified atom stereocenters. The summed E-state index contributed by atoms with van der Waals surface area (Å²) in [7, 11) is 0. The van der Waals surface area contributed by atoms with Gasteiger partial charge in [-0.1, -0.05) is 24.3 Å². The lowest BCUT2D eigenvalue weighted by molar-refractivity contribution is 0.0996. The van der Waals surface area contributed by atoms with Crippen molar-refractivity contribution < 1.29 is 14.0 Å². The number of Topliss-reactive ketones (excluding diaryl/α,β-unsaturated/α-hetero) is 1. The molecule has 1 saturated heterocycles. The van der Waals surface area contributed by atoms with E-state index in [1.165, 1.54) is 23.5 Å². The van der Waals surface area contributed by atoms with Crippen LogP contribution in [-0.2, 0) is 0 Å². The Morgan fingerprint density at radius 2 is 1.79 bits per heavy atom. The number of hydrogen-bond acceptors (Lipinski definition) is 5. The molecule has 147 valence electrons. The first-order valence-electron chi connectivity index (χ1n) is 9.31. The summed E-state index contributed by atoms with van der Waals surface area (Å²) in [6.45, 7) is 0.897. The van der Waals surface area contributed by atoms with Crippen LogP contribution in [0.1, 0.15) is 33.7 Å². The first-order valence-corrected chi connectivity index (χ1v) is 10.1. The molecule has 0 spiro atoms. The van der Waals surface area contributed by atoms with Crippen LogP contribution in [0.3, 0.4) is 0 Å². The number of ketones is 1. The van der Waals surface area contributed by atoms with Gasteiger partial charge in [-0.3, -0.25) is 9.59 Å². The molecule has 3 aromatic rings. The largest absolute Gasteiger partial charge is 0.366 e. The predicted octanol–water partition coefficient (Wildman–Crippen LogP) is 3.85. The Bertz CT molecular complexity index is 1040. The summed E-state index contributed by atoms with van der Waals surface area (Å²) in [6.07, 6.45) is 3.63. The number of aromatic nitrogens is 1. The molecule has 1 aliphatic rings. The molecule has 0 aliphatic carbocycles. The molecule has 7 heteroatoms. The number of thiazole rings is 1. The van der Waals surface area contributed by atoms with Crippen LogP contribution in [0, 0.1) is 12.2 Å². The third-order valence-corrected chi connectivity index (χ3v) is 5.99. The fourth-order valence-corrected chi connectivity index (χ4v) is 4.38. The van der Waals surface area contributed by atoms with E-state index >= 15 is 0 Å². The SMILES string of the molecule is NC(=O)c1ccc(-c2nc(C(=O)[CH]C3CCCN3)c(-c3ccc(F)cc3)s2)cc1. The fourth-order valence-electron chi connectivity index (χ4n) is 3.30. The summed E-state index contributed by atoms with van der Waals surface area (Å²) in [6, 6.07) is 12.8. The normalized spacial score (nSPS) is 16.1. The zero-order valence-corrected chi connectivity index (χ0v) is 16.3. The van der Waals surface area contributed by atoms with E-state index in [9.17, 15) is 14.0 Å². The molecule has 29 heavy (non-hydrogen) atoms. The van der Waals surface area contributed by atoms with Crippen molar-refractivity contribution in [2.24, 2.45) is 5.73 Å². The molecule has 3 N–H and O–H groups in total. The van der Waals surface area contributed by atoms with Crippen molar-refractivity contribution in [1.82, 2.24) is 10.3 Å². The summed E-state index contributed by atoms with van der Waals surface area (Å²) in [4.78, 5) is 29.5. The van der Waals surface area contributed by atoms with Gasteiger partial charge in [0.15, 0.2) is 5.78 Å². The monoisotopic (exact) mass is 408 g/mol. The Hall–Kier alpha value is -2.90. The summed E-state index contributed by atoms with van der Waals surface area (Å²) >= 11 is 1.36. The van der Waals surface area contributed by atoms with Crippen LogP contribution in [0.4, 0.5) is 4.39 Å². The lowest BCUT2D eigenvalue weighted by atomic mass is 10.0. The average molecular weight is 408 g/mol. The number of hydrogen-bond donors (Lipinski definition) is 2. The molecule has 2 heterocycles. The second-order valence-electron chi connectivity index (χ2n) is 6.88. The highest BCUT2D eigenvalue weighted by atomic mass is 32.1. The van der Waals surface area contributed by atoms with E-state index in [4.69, 9.17) is 5.73 Å². The third-order valence-electron chi connectivity index (χ3n) is 4.83. The maximum Gasteiger partial charge on any atom is 0.248 e. The highest BCUT2D eigenvalue weighted by Crippen LogP contribution is 2.36. The molecular weight excluding hydrogens is 389 g/mol. The van der Waals surface area contributed by atoms with Crippen molar-refractivity contribution in [3.05, 3.63) is 72.0 Å². The maximum atomic E-state index is 13.4.